The van der Waals surface area contributed by atoms with Crippen LogP contribution in [0.15, 0.2) is 30.3 Å². The second-order valence-corrected chi connectivity index (χ2v) is 7.17. The van der Waals surface area contributed by atoms with Crippen molar-refractivity contribution in [2.45, 2.75) is 50.4 Å². The van der Waals surface area contributed by atoms with Gasteiger partial charge >= 0.3 is 5.97 Å². The van der Waals surface area contributed by atoms with E-state index in [1.807, 2.05) is 0 Å². The van der Waals surface area contributed by atoms with Crippen molar-refractivity contribution in [3.05, 3.63) is 35.9 Å². The molecule has 0 fully saturated rings. The molecule has 12 nitrogen and oxygen atoms in total. The summed E-state index contributed by atoms with van der Waals surface area (Å²) >= 11 is 0. The number of rotatable bonds is 13. The number of benzene rings is 1. The van der Waals surface area contributed by atoms with Crippen LogP contribution in [0.2, 0.25) is 0 Å². The number of primary amides is 1. The third kappa shape index (κ3) is 9.10. The Hall–Kier alpha value is -3.51. The highest BCUT2D eigenvalue weighted by Crippen LogP contribution is 2.05. The van der Waals surface area contributed by atoms with Crippen LogP contribution in [0.25, 0.3) is 0 Å². The smallest absolute Gasteiger partial charge is 0.328 e. The third-order valence-corrected chi connectivity index (χ3v) is 4.50. The second-order valence-electron chi connectivity index (χ2n) is 7.17. The molecule has 0 aliphatic rings. The van der Waals surface area contributed by atoms with Gasteiger partial charge in [-0.25, -0.2) is 4.79 Å². The Labute approximate surface area is 184 Å². The summed E-state index contributed by atoms with van der Waals surface area (Å²) in [5.41, 5.74) is 11.4. The number of aliphatic hydroxyl groups is 1. The van der Waals surface area contributed by atoms with Crippen molar-refractivity contribution in [2.75, 3.05) is 6.61 Å². The third-order valence-electron chi connectivity index (χ3n) is 4.50. The van der Waals surface area contributed by atoms with E-state index in [1.165, 1.54) is 6.92 Å². The van der Waals surface area contributed by atoms with E-state index in [4.69, 9.17) is 21.7 Å². The van der Waals surface area contributed by atoms with Crippen LogP contribution >= 0.6 is 0 Å². The number of hydrogen-bond acceptors (Lipinski definition) is 7. The fourth-order valence-corrected chi connectivity index (χ4v) is 2.63. The maximum Gasteiger partial charge on any atom is 0.328 e. The van der Waals surface area contributed by atoms with Crippen molar-refractivity contribution in [1.29, 1.82) is 0 Å². The highest BCUT2D eigenvalue weighted by atomic mass is 16.4. The lowest BCUT2D eigenvalue weighted by molar-refractivity contribution is -0.143. The maximum atomic E-state index is 12.6. The minimum Gasteiger partial charge on any atom is -0.480 e. The molecule has 4 amide bonds. The first-order chi connectivity index (χ1) is 15.0. The number of nitrogens with two attached hydrogens (primary N) is 2. The zero-order valence-electron chi connectivity index (χ0n) is 17.6. The molecule has 0 aliphatic heterocycles. The Bertz CT molecular complexity index is 818. The van der Waals surface area contributed by atoms with E-state index in [1.54, 1.807) is 30.3 Å². The topological polar surface area (TPSA) is 214 Å². The molecular formula is C20H29N5O7. The minimum absolute atomic E-state index is 0.00623. The summed E-state index contributed by atoms with van der Waals surface area (Å²) < 4.78 is 0. The van der Waals surface area contributed by atoms with Gasteiger partial charge in [-0.1, -0.05) is 30.3 Å². The Morgan fingerprint density at radius 2 is 1.53 bits per heavy atom. The molecule has 0 saturated carbocycles. The molecule has 1 aromatic carbocycles. The molecule has 0 aliphatic carbocycles. The predicted molar refractivity (Wildman–Crippen MR) is 113 cm³/mol. The molecule has 0 heterocycles. The van der Waals surface area contributed by atoms with E-state index in [-0.39, 0.29) is 19.3 Å². The first-order valence-corrected chi connectivity index (χ1v) is 9.87. The zero-order valence-corrected chi connectivity index (χ0v) is 17.6. The van der Waals surface area contributed by atoms with Crippen LogP contribution in [0.3, 0.4) is 0 Å². The van der Waals surface area contributed by atoms with Crippen molar-refractivity contribution in [3.63, 3.8) is 0 Å². The van der Waals surface area contributed by atoms with Gasteiger partial charge in [-0.15, -0.1) is 0 Å². The van der Waals surface area contributed by atoms with Crippen molar-refractivity contribution < 1.29 is 34.2 Å². The molecule has 32 heavy (non-hydrogen) atoms. The Morgan fingerprint density at radius 1 is 0.938 bits per heavy atom. The van der Waals surface area contributed by atoms with Gasteiger partial charge in [0.2, 0.25) is 23.6 Å². The number of carbonyl (C=O) groups excluding carboxylic acids is 4. The summed E-state index contributed by atoms with van der Waals surface area (Å²) in [6, 6.07) is 3.81. The Kier molecular flexibility index (Phi) is 10.8. The lowest BCUT2D eigenvalue weighted by atomic mass is 10.0. The summed E-state index contributed by atoms with van der Waals surface area (Å²) in [7, 11) is 0. The fraction of sp³-hybridized carbons (Fsp3) is 0.450. The minimum atomic E-state index is -1.54. The van der Waals surface area contributed by atoms with E-state index in [9.17, 15) is 24.0 Å². The zero-order chi connectivity index (χ0) is 24.3. The lowest BCUT2D eigenvalue weighted by Crippen LogP contribution is -2.57. The van der Waals surface area contributed by atoms with Crippen LogP contribution in [-0.4, -0.2) is 70.6 Å². The second kappa shape index (κ2) is 13.0. The normalized spacial score (nSPS) is 14.3. The highest BCUT2D eigenvalue weighted by Gasteiger charge is 2.28. The SMILES string of the molecule is CC(NC(=O)C(N)CCC(N)=O)C(=O)NC(Cc1ccccc1)C(=O)NC(CO)C(=O)O. The lowest BCUT2D eigenvalue weighted by Gasteiger charge is -2.23. The molecule has 4 atom stereocenters. The monoisotopic (exact) mass is 451 g/mol. The molecule has 176 valence electrons. The predicted octanol–water partition coefficient (Wildman–Crippen LogP) is -2.63. The Balaban J connectivity index is 2.84. The molecule has 1 aromatic rings. The average molecular weight is 451 g/mol. The van der Waals surface area contributed by atoms with Gasteiger partial charge in [0.25, 0.3) is 0 Å². The molecule has 0 radical (unpaired) electrons. The summed E-state index contributed by atoms with van der Waals surface area (Å²) in [6.45, 7) is 0.544. The van der Waals surface area contributed by atoms with E-state index in [0.29, 0.717) is 5.56 Å². The van der Waals surface area contributed by atoms with Gasteiger partial charge < -0.3 is 37.6 Å². The molecule has 0 spiro atoms. The summed E-state index contributed by atoms with van der Waals surface area (Å²) in [6.07, 6.45) is -0.0503. The number of aliphatic carboxylic acids is 1. The number of amides is 4. The fourth-order valence-electron chi connectivity index (χ4n) is 2.63. The van der Waals surface area contributed by atoms with Crippen molar-refractivity contribution >= 4 is 29.6 Å². The summed E-state index contributed by atoms with van der Waals surface area (Å²) in [5, 5.41) is 25.2. The number of nitrogens with one attached hydrogen (secondary N) is 3. The number of aliphatic hydroxyl groups excluding tert-OH is 1. The van der Waals surface area contributed by atoms with Crippen LogP contribution in [-0.2, 0) is 30.4 Å². The average Bonchev–Trinajstić information content (AvgIpc) is 2.75. The van der Waals surface area contributed by atoms with Crippen molar-refractivity contribution in [1.82, 2.24) is 16.0 Å². The van der Waals surface area contributed by atoms with Crippen LogP contribution in [0.4, 0.5) is 0 Å². The van der Waals surface area contributed by atoms with E-state index < -0.39 is 60.4 Å². The standard InChI is InChI=1S/C20H29N5O7/c1-11(23-18(29)13(21)7-8-16(22)27)17(28)24-14(9-12-5-3-2-4-6-12)19(30)25-15(10-26)20(31)32/h2-6,11,13-15,26H,7-10,21H2,1H3,(H2,22,27)(H,23,29)(H,24,28)(H,25,30)(H,31,32). The van der Waals surface area contributed by atoms with Crippen LogP contribution in [0, 0.1) is 0 Å². The quantitative estimate of drug-likeness (QED) is 0.168. The molecule has 9 N–H and O–H groups in total. The first kappa shape index (κ1) is 26.5. The van der Waals surface area contributed by atoms with Gasteiger partial charge in [-0.2, -0.15) is 0 Å². The van der Waals surface area contributed by atoms with Gasteiger partial charge in [-0.05, 0) is 18.9 Å². The van der Waals surface area contributed by atoms with Crippen LogP contribution in [0.1, 0.15) is 25.3 Å². The van der Waals surface area contributed by atoms with Crippen molar-refractivity contribution in [2.24, 2.45) is 11.5 Å². The largest absolute Gasteiger partial charge is 0.480 e. The van der Waals surface area contributed by atoms with E-state index >= 15 is 0 Å². The van der Waals surface area contributed by atoms with Crippen molar-refractivity contribution in [3.8, 4) is 0 Å². The molecule has 0 aromatic heterocycles. The van der Waals surface area contributed by atoms with Crippen LogP contribution in [0.5, 0.6) is 0 Å². The van der Waals surface area contributed by atoms with E-state index in [2.05, 4.69) is 16.0 Å². The molecule has 1 rings (SSSR count). The summed E-state index contributed by atoms with van der Waals surface area (Å²) in [4.78, 5) is 59.2. The first-order valence-electron chi connectivity index (χ1n) is 9.87. The maximum absolute atomic E-state index is 12.6. The number of carboxylic acids is 1. The number of hydrogen-bond donors (Lipinski definition) is 7. The van der Waals surface area contributed by atoms with Gasteiger partial charge in [0.05, 0.1) is 12.6 Å². The molecular weight excluding hydrogens is 422 g/mol. The highest BCUT2D eigenvalue weighted by molar-refractivity contribution is 5.94. The Morgan fingerprint density at radius 3 is 2.06 bits per heavy atom. The molecule has 0 saturated heterocycles. The van der Waals surface area contributed by atoms with Gasteiger partial charge in [0.1, 0.15) is 18.1 Å². The van der Waals surface area contributed by atoms with Gasteiger partial charge in [0.15, 0.2) is 0 Å². The summed E-state index contributed by atoms with van der Waals surface area (Å²) in [5.74, 6) is -4.26. The van der Waals surface area contributed by atoms with Gasteiger partial charge in [0, 0.05) is 12.8 Å². The molecule has 12 heteroatoms. The number of carboxylic acid groups (broad SMARTS) is 1. The van der Waals surface area contributed by atoms with Gasteiger partial charge in [-0.3, -0.25) is 19.2 Å². The number of carbonyl (C=O) groups is 5. The van der Waals surface area contributed by atoms with E-state index in [0.717, 1.165) is 0 Å². The van der Waals surface area contributed by atoms with Crippen LogP contribution < -0.4 is 27.4 Å². The molecule has 4 unspecified atom stereocenters. The molecule has 0 bridgehead atoms.